The summed E-state index contributed by atoms with van der Waals surface area (Å²) in [6.45, 7) is 1.93. The van der Waals surface area contributed by atoms with Gasteiger partial charge in [-0.25, -0.2) is 13.1 Å². The van der Waals surface area contributed by atoms with Crippen molar-refractivity contribution >= 4 is 10.0 Å². The average molecular weight is 298 g/mol. The van der Waals surface area contributed by atoms with E-state index in [2.05, 4.69) is 14.9 Å². The molecule has 2 aromatic heterocycles. The van der Waals surface area contributed by atoms with E-state index in [9.17, 15) is 8.42 Å². The van der Waals surface area contributed by atoms with Gasteiger partial charge in [0.1, 0.15) is 4.90 Å². The summed E-state index contributed by atoms with van der Waals surface area (Å²) in [5.74, 6) is 0. The van der Waals surface area contributed by atoms with Gasteiger partial charge in [0.15, 0.2) is 0 Å². The van der Waals surface area contributed by atoms with E-state index in [1.165, 1.54) is 17.1 Å². The summed E-state index contributed by atoms with van der Waals surface area (Å²) >= 11 is 0. The van der Waals surface area contributed by atoms with Crippen LogP contribution in [0.25, 0.3) is 0 Å². The van der Waals surface area contributed by atoms with Gasteiger partial charge in [0.2, 0.25) is 10.0 Å². The molecule has 0 spiro atoms. The maximum absolute atomic E-state index is 12.0. The highest BCUT2D eigenvalue weighted by Gasteiger charge is 2.15. The van der Waals surface area contributed by atoms with E-state index in [-0.39, 0.29) is 4.90 Å². The predicted molar refractivity (Wildman–Crippen MR) is 73.3 cm³/mol. The van der Waals surface area contributed by atoms with Crippen LogP contribution in [0.4, 0.5) is 0 Å². The normalized spacial score (nSPS) is 11.8. The van der Waals surface area contributed by atoms with E-state index in [4.69, 9.17) is 5.73 Å². The summed E-state index contributed by atoms with van der Waals surface area (Å²) in [5, 5.41) is 7.99. The highest BCUT2D eigenvalue weighted by Crippen LogP contribution is 2.06. The molecule has 0 unspecified atom stereocenters. The molecule has 0 aliphatic carbocycles. The van der Waals surface area contributed by atoms with Crippen LogP contribution in [0.2, 0.25) is 0 Å². The van der Waals surface area contributed by atoms with Gasteiger partial charge >= 0.3 is 0 Å². The second-order valence-electron chi connectivity index (χ2n) is 4.25. The highest BCUT2D eigenvalue weighted by atomic mass is 32.2. The minimum absolute atomic E-state index is 0.157. The minimum Gasteiger partial charge on any atom is -0.329 e. The molecule has 0 saturated heterocycles. The lowest BCUT2D eigenvalue weighted by molar-refractivity contribution is 0.552. The van der Waals surface area contributed by atoms with Crippen LogP contribution < -0.4 is 10.5 Å². The van der Waals surface area contributed by atoms with Crippen LogP contribution in [0.5, 0.6) is 0 Å². The number of hydrogen-bond donors (Lipinski definition) is 2. The molecular formula is C11H18N6O2S. The Bertz CT molecular complexity index is 619. The van der Waals surface area contributed by atoms with Gasteiger partial charge in [-0.15, -0.1) is 0 Å². The topological polar surface area (TPSA) is 108 Å². The molecule has 2 heterocycles. The summed E-state index contributed by atoms with van der Waals surface area (Å²) in [7, 11) is -3.50. The molecule has 8 nitrogen and oxygen atoms in total. The number of nitrogens with two attached hydrogens (primary N) is 1. The summed E-state index contributed by atoms with van der Waals surface area (Å²) in [4.78, 5) is 0.157. The van der Waals surface area contributed by atoms with Gasteiger partial charge < -0.3 is 5.73 Å². The Morgan fingerprint density at radius 2 is 2.10 bits per heavy atom. The van der Waals surface area contributed by atoms with Crippen LogP contribution >= 0.6 is 0 Å². The molecule has 20 heavy (non-hydrogen) atoms. The number of aromatic nitrogens is 4. The third-order valence-electron chi connectivity index (χ3n) is 2.69. The number of hydrogen-bond acceptors (Lipinski definition) is 5. The van der Waals surface area contributed by atoms with E-state index in [0.717, 1.165) is 0 Å². The zero-order valence-corrected chi connectivity index (χ0v) is 11.8. The van der Waals surface area contributed by atoms with E-state index in [1.54, 1.807) is 10.9 Å². The molecule has 0 radical (unpaired) electrons. The maximum atomic E-state index is 12.0. The van der Waals surface area contributed by atoms with Gasteiger partial charge in [0.25, 0.3) is 0 Å². The molecule has 0 amide bonds. The standard InChI is InChI=1S/C11H18N6O2S/c12-3-8-17-10-11(9-14-17)20(18,19)15-5-2-7-16-6-1-4-13-16/h1,4,6,9-10,15H,2-3,5,7-8,12H2. The third kappa shape index (κ3) is 3.89. The van der Waals surface area contributed by atoms with Crippen molar-refractivity contribution in [1.82, 2.24) is 24.3 Å². The Morgan fingerprint density at radius 1 is 1.25 bits per heavy atom. The summed E-state index contributed by atoms with van der Waals surface area (Å²) in [6.07, 6.45) is 6.99. The van der Waals surface area contributed by atoms with Crippen molar-refractivity contribution in [2.45, 2.75) is 24.4 Å². The molecule has 0 aliphatic rings. The summed E-state index contributed by atoms with van der Waals surface area (Å²) in [5.41, 5.74) is 5.39. The maximum Gasteiger partial charge on any atom is 0.243 e. The van der Waals surface area contributed by atoms with E-state index in [1.807, 2.05) is 12.3 Å². The third-order valence-corrected chi connectivity index (χ3v) is 4.11. The highest BCUT2D eigenvalue weighted by molar-refractivity contribution is 7.89. The first-order valence-corrected chi connectivity index (χ1v) is 7.80. The summed E-state index contributed by atoms with van der Waals surface area (Å²) in [6, 6.07) is 1.83. The fourth-order valence-electron chi connectivity index (χ4n) is 1.70. The largest absolute Gasteiger partial charge is 0.329 e. The molecule has 2 rings (SSSR count). The fourth-order valence-corrected chi connectivity index (χ4v) is 2.73. The lowest BCUT2D eigenvalue weighted by Gasteiger charge is -2.05. The molecule has 2 aromatic rings. The molecular weight excluding hydrogens is 280 g/mol. The van der Waals surface area contributed by atoms with Gasteiger partial charge in [-0.1, -0.05) is 0 Å². The Hall–Kier alpha value is -1.71. The van der Waals surface area contributed by atoms with Crippen LogP contribution in [0, 0.1) is 0 Å². The van der Waals surface area contributed by atoms with Crippen molar-refractivity contribution < 1.29 is 8.42 Å². The van der Waals surface area contributed by atoms with Gasteiger partial charge in [0.05, 0.1) is 12.7 Å². The van der Waals surface area contributed by atoms with Crippen LogP contribution in [0.1, 0.15) is 6.42 Å². The second-order valence-corrected chi connectivity index (χ2v) is 6.02. The van der Waals surface area contributed by atoms with E-state index < -0.39 is 10.0 Å². The Balaban J connectivity index is 1.83. The molecule has 0 saturated carbocycles. The van der Waals surface area contributed by atoms with Crippen molar-refractivity contribution in [3.8, 4) is 0 Å². The Kier molecular flexibility index (Phi) is 4.88. The first-order valence-electron chi connectivity index (χ1n) is 6.31. The van der Waals surface area contributed by atoms with Gasteiger partial charge in [-0.2, -0.15) is 10.2 Å². The zero-order chi connectivity index (χ0) is 14.4. The Morgan fingerprint density at radius 3 is 2.80 bits per heavy atom. The van der Waals surface area contributed by atoms with Crippen molar-refractivity contribution in [1.29, 1.82) is 0 Å². The predicted octanol–water partition coefficient (Wildman–Crippen LogP) is -0.593. The van der Waals surface area contributed by atoms with Crippen molar-refractivity contribution in [2.24, 2.45) is 5.73 Å². The average Bonchev–Trinajstić information content (AvgIpc) is 3.06. The molecule has 9 heteroatoms. The molecule has 0 atom stereocenters. The molecule has 0 bridgehead atoms. The Labute approximate surface area is 117 Å². The van der Waals surface area contributed by atoms with Crippen LogP contribution in [0.15, 0.2) is 35.7 Å². The zero-order valence-electron chi connectivity index (χ0n) is 11.0. The fraction of sp³-hybridized carbons (Fsp3) is 0.455. The van der Waals surface area contributed by atoms with E-state index >= 15 is 0 Å². The lowest BCUT2D eigenvalue weighted by Crippen LogP contribution is -2.25. The number of sulfonamides is 1. The van der Waals surface area contributed by atoms with Crippen molar-refractivity contribution in [3.05, 3.63) is 30.9 Å². The quantitative estimate of drug-likeness (QED) is 0.633. The van der Waals surface area contributed by atoms with Gasteiger partial charge in [-0.05, 0) is 12.5 Å². The number of aryl methyl sites for hydroxylation is 1. The number of nitrogens with one attached hydrogen (secondary N) is 1. The first kappa shape index (κ1) is 14.7. The van der Waals surface area contributed by atoms with Crippen molar-refractivity contribution in [2.75, 3.05) is 13.1 Å². The molecule has 0 aliphatic heterocycles. The monoisotopic (exact) mass is 298 g/mol. The van der Waals surface area contributed by atoms with Gasteiger partial charge in [-0.3, -0.25) is 9.36 Å². The number of rotatable bonds is 8. The smallest absolute Gasteiger partial charge is 0.243 e. The molecule has 0 fully saturated rings. The van der Waals surface area contributed by atoms with E-state index in [0.29, 0.717) is 32.6 Å². The summed E-state index contributed by atoms with van der Waals surface area (Å²) < 4.78 is 29.8. The SMILES string of the molecule is NCCn1cc(S(=O)(=O)NCCCn2cccn2)cn1. The van der Waals surface area contributed by atoms with Crippen LogP contribution in [0.3, 0.4) is 0 Å². The van der Waals surface area contributed by atoms with Gasteiger partial charge in [0, 0.05) is 38.2 Å². The second kappa shape index (κ2) is 6.64. The molecule has 110 valence electrons. The minimum atomic E-state index is -3.50. The molecule has 3 N–H and O–H groups in total. The van der Waals surface area contributed by atoms with Crippen molar-refractivity contribution in [3.63, 3.8) is 0 Å². The number of nitrogens with zero attached hydrogens (tertiary/aromatic N) is 4. The first-order chi connectivity index (χ1) is 9.62. The molecule has 0 aromatic carbocycles. The van der Waals surface area contributed by atoms with Crippen LogP contribution in [-0.2, 0) is 23.1 Å². The lowest BCUT2D eigenvalue weighted by atomic mass is 10.4. The van der Waals surface area contributed by atoms with Crippen LogP contribution in [-0.4, -0.2) is 41.1 Å².